The lowest BCUT2D eigenvalue weighted by Crippen LogP contribution is -2.53. The van der Waals surface area contributed by atoms with Crippen molar-refractivity contribution in [2.24, 2.45) is 5.73 Å². The third kappa shape index (κ3) is 3.78. The smallest absolute Gasteiger partial charge is 0.240 e. The van der Waals surface area contributed by atoms with E-state index in [0.29, 0.717) is 0 Å². The fourth-order valence-electron chi connectivity index (χ4n) is 2.37. The van der Waals surface area contributed by atoms with Gasteiger partial charge < -0.3 is 11.1 Å². The summed E-state index contributed by atoms with van der Waals surface area (Å²) in [7, 11) is 0. The highest BCUT2D eigenvalue weighted by Gasteiger charge is 2.37. The molecule has 1 fully saturated rings. The van der Waals surface area contributed by atoms with Crippen LogP contribution in [0.5, 0.6) is 0 Å². The van der Waals surface area contributed by atoms with E-state index in [1.165, 1.54) is 19.3 Å². The van der Waals surface area contributed by atoms with Gasteiger partial charge in [0.05, 0.1) is 5.54 Å². The van der Waals surface area contributed by atoms with Crippen molar-refractivity contribution in [1.82, 2.24) is 5.32 Å². The molecule has 1 aliphatic carbocycles. The van der Waals surface area contributed by atoms with Gasteiger partial charge in [0.25, 0.3) is 0 Å². The number of hydrogen-bond acceptors (Lipinski definition) is 2. The predicted octanol–water partition coefficient (Wildman–Crippen LogP) is 2.34. The average Bonchev–Trinajstić information content (AvgIpc) is 2.67. The molecule has 0 radical (unpaired) electrons. The molecule has 0 saturated heterocycles. The Morgan fingerprint density at radius 3 is 2.56 bits per heavy atom. The maximum Gasteiger partial charge on any atom is 0.240 e. The Balaban J connectivity index is 2.27. The molecule has 1 unspecified atom stereocenters. The van der Waals surface area contributed by atoms with Crippen molar-refractivity contribution in [3.8, 4) is 0 Å². The molecule has 1 amide bonds. The largest absolute Gasteiger partial charge is 0.352 e. The van der Waals surface area contributed by atoms with Gasteiger partial charge in [-0.3, -0.25) is 4.79 Å². The van der Waals surface area contributed by atoms with Crippen molar-refractivity contribution in [3.05, 3.63) is 0 Å². The Bertz CT molecular complexity index is 222. The minimum atomic E-state index is -0.570. The third-order valence-electron chi connectivity index (χ3n) is 3.57. The molecule has 0 aromatic carbocycles. The van der Waals surface area contributed by atoms with E-state index in [1.54, 1.807) is 0 Å². The first-order chi connectivity index (χ1) is 7.58. The molecule has 0 spiro atoms. The Kier molecular flexibility index (Phi) is 5.26. The van der Waals surface area contributed by atoms with Gasteiger partial charge in [-0.25, -0.2) is 0 Å². The number of amides is 1. The molecule has 1 atom stereocenters. The van der Waals surface area contributed by atoms with Crippen LogP contribution in [-0.2, 0) is 4.79 Å². The SMILES string of the molecule is CCCCCC(C)NC(=O)C1(N)CCCC1. The zero-order chi connectivity index (χ0) is 12.0. The second-order valence-electron chi connectivity index (χ2n) is 5.23. The van der Waals surface area contributed by atoms with Gasteiger partial charge in [0.2, 0.25) is 5.91 Å². The quantitative estimate of drug-likeness (QED) is 0.683. The minimum absolute atomic E-state index is 0.0639. The van der Waals surface area contributed by atoms with E-state index in [0.717, 1.165) is 32.1 Å². The van der Waals surface area contributed by atoms with Crippen LogP contribution < -0.4 is 11.1 Å². The molecule has 3 N–H and O–H groups in total. The minimum Gasteiger partial charge on any atom is -0.352 e. The van der Waals surface area contributed by atoms with Crippen molar-refractivity contribution in [3.63, 3.8) is 0 Å². The van der Waals surface area contributed by atoms with E-state index in [-0.39, 0.29) is 11.9 Å². The molecular weight excluding hydrogens is 200 g/mol. The number of carbonyl (C=O) groups excluding carboxylic acids is 1. The first kappa shape index (κ1) is 13.5. The van der Waals surface area contributed by atoms with E-state index in [1.807, 2.05) is 0 Å². The first-order valence-corrected chi connectivity index (χ1v) is 6.68. The molecule has 0 aromatic heterocycles. The van der Waals surface area contributed by atoms with Gasteiger partial charge in [-0.2, -0.15) is 0 Å². The van der Waals surface area contributed by atoms with Crippen LogP contribution in [0.2, 0.25) is 0 Å². The third-order valence-corrected chi connectivity index (χ3v) is 3.57. The fourth-order valence-corrected chi connectivity index (χ4v) is 2.37. The van der Waals surface area contributed by atoms with Gasteiger partial charge in [0.1, 0.15) is 0 Å². The number of carbonyl (C=O) groups is 1. The van der Waals surface area contributed by atoms with Crippen molar-refractivity contribution in [2.75, 3.05) is 0 Å². The highest BCUT2D eigenvalue weighted by molar-refractivity contribution is 5.86. The summed E-state index contributed by atoms with van der Waals surface area (Å²) in [6.45, 7) is 4.27. The maximum absolute atomic E-state index is 12.0. The lowest BCUT2D eigenvalue weighted by atomic mass is 9.97. The van der Waals surface area contributed by atoms with Crippen LogP contribution in [0.1, 0.15) is 65.2 Å². The van der Waals surface area contributed by atoms with Crippen LogP contribution >= 0.6 is 0 Å². The summed E-state index contributed by atoms with van der Waals surface area (Å²) in [5.41, 5.74) is 5.52. The van der Waals surface area contributed by atoms with Crippen LogP contribution in [0.4, 0.5) is 0 Å². The van der Waals surface area contributed by atoms with E-state index >= 15 is 0 Å². The van der Waals surface area contributed by atoms with Crippen molar-refractivity contribution in [1.29, 1.82) is 0 Å². The van der Waals surface area contributed by atoms with Crippen molar-refractivity contribution < 1.29 is 4.79 Å². The summed E-state index contributed by atoms with van der Waals surface area (Å²) in [6, 6.07) is 0.264. The van der Waals surface area contributed by atoms with Crippen molar-refractivity contribution >= 4 is 5.91 Å². The lowest BCUT2D eigenvalue weighted by Gasteiger charge is -2.25. The van der Waals surface area contributed by atoms with Gasteiger partial charge in [0.15, 0.2) is 0 Å². The molecule has 0 bridgehead atoms. The standard InChI is InChI=1S/C13H26N2O/c1-3-4-5-8-11(2)15-12(16)13(14)9-6-7-10-13/h11H,3-10,14H2,1-2H3,(H,15,16). The van der Waals surface area contributed by atoms with Crippen molar-refractivity contribution in [2.45, 2.75) is 76.8 Å². The van der Waals surface area contributed by atoms with Gasteiger partial charge in [0, 0.05) is 6.04 Å². The van der Waals surface area contributed by atoms with E-state index < -0.39 is 5.54 Å². The Hall–Kier alpha value is -0.570. The van der Waals surface area contributed by atoms with E-state index in [9.17, 15) is 4.79 Å². The highest BCUT2D eigenvalue weighted by Crippen LogP contribution is 2.27. The Morgan fingerprint density at radius 2 is 2.00 bits per heavy atom. The molecule has 16 heavy (non-hydrogen) atoms. The molecule has 0 aromatic rings. The summed E-state index contributed by atoms with van der Waals surface area (Å²) in [5, 5.41) is 3.06. The second-order valence-corrected chi connectivity index (χ2v) is 5.23. The van der Waals surface area contributed by atoms with Gasteiger partial charge >= 0.3 is 0 Å². The summed E-state index contributed by atoms with van der Waals surface area (Å²) < 4.78 is 0. The Labute approximate surface area is 99.2 Å². The number of unbranched alkanes of at least 4 members (excludes halogenated alkanes) is 2. The predicted molar refractivity (Wildman–Crippen MR) is 67.1 cm³/mol. The van der Waals surface area contributed by atoms with Gasteiger partial charge in [-0.1, -0.05) is 39.0 Å². The van der Waals surface area contributed by atoms with Crippen LogP contribution in [0.3, 0.4) is 0 Å². The van der Waals surface area contributed by atoms with Crippen LogP contribution in [0, 0.1) is 0 Å². The average molecular weight is 226 g/mol. The monoisotopic (exact) mass is 226 g/mol. The second kappa shape index (κ2) is 6.24. The zero-order valence-electron chi connectivity index (χ0n) is 10.7. The molecule has 3 nitrogen and oxygen atoms in total. The molecule has 1 rings (SSSR count). The summed E-state index contributed by atoms with van der Waals surface area (Å²) in [5.74, 6) is 0.0639. The molecule has 0 aliphatic heterocycles. The number of nitrogens with two attached hydrogens (primary N) is 1. The van der Waals surface area contributed by atoms with Crippen LogP contribution in [0.25, 0.3) is 0 Å². The molecule has 94 valence electrons. The van der Waals surface area contributed by atoms with E-state index in [4.69, 9.17) is 5.73 Å². The molecule has 1 saturated carbocycles. The summed E-state index contributed by atoms with van der Waals surface area (Å²) >= 11 is 0. The molecule has 3 heteroatoms. The number of nitrogens with one attached hydrogen (secondary N) is 1. The van der Waals surface area contributed by atoms with Gasteiger partial charge in [-0.05, 0) is 26.2 Å². The lowest BCUT2D eigenvalue weighted by molar-refractivity contribution is -0.126. The Morgan fingerprint density at radius 1 is 1.38 bits per heavy atom. The van der Waals surface area contributed by atoms with Crippen LogP contribution in [0.15, 0.2) is 0 Å². The summed E-state index contributed by atoms with van der Waals surface area (Å²) in [4.78, 5) is 12.0. The number of rotatable bonds is 6. The normalized spacial score (nSPS) is 20.7. The highest BCUT2D eigenvalue weighted by atomic mass is 16.2. The molecular formula is C13H26N2O. The molecule has 1 aliphatic rings. The summed E-state index contributed by atoms with van der Waals surface area (Å²) in [6.07, 6.45) is 8.60. The number of hydrogen-bond donors (Lipinski definition) is 2. The van der Waals surface area contributed by atoms with Crippen LogP contribution in [-0.4, -0.2) is 17.5 Å². The molecule has 0 heterocycles. The van der Waals surface area contributed by atoms with Gasteiger partial charge in [-0.15, -0.1) is 0 Å². The zero-order valence-corrected chi connectivity index (χ0v) is 10.7. The fraction of sp³-hybridized carbons (Fsp3) is 0.923. The van der Waals surface area contributed by atoms with E-state index in [2.05, 4.69) is 19.2 Å². The first-order valence-electron chi connectivity index (χ1n) is 6.68. The maximum atomic E-state index is 12.0. The topological polar surface area (TPSA) is 55.1 Å².